The zero-order valence-electron chi connectivity index (χ0n) is 11.3. The van der Waals surface area contributed by atoms with Crippen LogP contribution in [-0.4, -0.2) is 18.0 Å². The van der Waals surface area contributed by atoms with Crippen LogP contribution in [0.4, 0.5) is 11.4 Å². The standard InChI is InChI=1S/C14H19ClN2O2/c1-10-5-11(2)9-16(8-10)14-4-3-13(17(18)19)6-12(14)7-15/h3-4,6,10-11H,5,7-9H2,1-2H3. The maximum absolute atomic E-state index is 10.8. The van der Waals surface area contributed by atoms with Gasteiger partial charge in [0, 0.05) is 36.8 Å². The van der Waals surface area contributed by atoms with Crippen LogP contribution in [0.3, 0.4) is 0 Å². The minimum atomic E-state index is -0.374. The van der Waals surface area contributed by atoms with Gasteiger partial charge in [-0.2, -0.15) is 0 Å². The monoisotopic (exact) mass is 282 g/mol. The summed E-state index contributed by atoms with van der Waals surface area (Å²) in [6, 6.07) is 4.99. The molecule has 0 bridgehead atoms. The second-order valence-electron chi connectivity index (χ2n) is 5.55. The van der Waals surface area contributed by atoms with Crippen LogP contribution < -0.4 is 4.90 Å². The van der Waals surface area contributed by atoms with Gasteiger partial charge in [0.1, 0.15) is 0 Å². The summed E-state index contributed by atoms with van der Waals surface area (Å²) in [5.74, 6) is 1.58. The lowest BCUT2D eigenvalue weighted by Gasteiger charge is -2.37. The van der Waals surface area contributed by atoms with Gasteiger partial charge in [-0.05, 0) is 29.9 Å². The molecule has 2 rings (SSSR count). The molecule has 1 heterocycles. The Hall–Kier alpha value is -1.29. The van der Waals surface area contributed by atoms with E-state index in [2.05, 4.69) is 18.7 Å². The van der Waals surface area contributed by atoms with Crippen molar-refractivity contribution < 1.29 is 4.92 Å². The van der Waals surface area contributed by atoms with Crippen molar-refractivity contribution in [3.05, 3.63) is 33.9 Å². The highest BCUT2D eigenvalue weighted by Gasteiger charge is 2.24. The zero-order valence-corrected chi connectivity index (χ0v) is 12.1. The van der Waals surface area contributed by atoms with E-state index < -0.39 is 0 Å². The molecule has 1 aliphatic heterocycles. The number of rotatable bonds is 3. The number of piperidine rings is 1. The summed E-state index contributed by atoms with van der Waals surface area (Å²) in [5.41, 5.74) is 1.99. The lowest BCUT2D eigenvalue weighted by atomic mass is 9.91. The summed E-state index contributed by atoms with van der Waals surface area (Å²) in [6.45, 7) is 6.47. The highest BCUT2D eigenvalue weighted by atomic mass is 35.5. The van der Waals surface area contributed by atoms with E-state index in [1.54, 1.807) is 12.1 Å². The van der Waals surface area contributed by atoms with E-state index >= 15 is 0 Å². The van der Waals surface area contributed by atoms with Gasteiger partial charge in [0.15, 0.2) is 0 Å². The average molecular weight is 283 g/mol. The smallest absolute Gasteiger partial charge is 0.269 e. The van der Waals surface area contributed by atoms with Crippen molar-refractivity contribution in [2.24, 2.45) is 11.8 Å². The Morgan fingerprint density at radius 2 is 2.00 bits per heavy atom. The number of non-ortho nitro benzene ring substituents is 1. The lowest BCUT2D eigenvalue weighted by Crippen LogP contribution is -2.39. The maximum Gasteiger partial charge on any atom is 0.269 e. The number of nitro benzene ring substituents is 1. The van der Waals surface area contributed by atoms with Crippen LogP contribution in [0.1, 0.15) is 25.8 Å². The third kappa shape index (κ3) is 3.18. The Morgan fingerprint density at radius 1 is 1.37 bits per heavy atom. The largest absolute Gasteiger partial charge is 0.371 e. The number of benzene rings is 1. The molecule has 0 saturated carbocycles. The quantitative estimate of drug-likeness (QED) is 0.481. The highest BCUT2D eigenvalue weighted by molar-refractivity contribution is 6.17. The second-order valence-corrected chi connectivity index (χ2v) is 5.82. The molecular formula is C14H19ClN2O2. The van der Waals surface area contributed by atoms with E-state index in [0.29, 0.717) is 17.7 Å². The Balaban J connectivity index is 2.30. The first-order valence-corrected chi connectivity index (χ1v) is 7.13. The molecule has 0 spiro atoms. The summed E-state index contributed by atoms with van der Waals surface area (Å²) in [4.78, 5) is 12.7. The molecule has 0 aromatic heterocycles. The van der Waals surface area contributed by atoms with E-state index in [4.69, 9.17) is 11.6 Å². The van der Waals surface area contributed by atoms with Crippen molar-refractivity contribution in [3.63, 3.8) is 0 Å². The molecule has 2 unspecified atom stereocenters. The van der Waals surface area contributed by atoms with Crippen LogP contribution in [0.25, 0.3) is 0 Å². The number of alkyl halides is 1. The van der Waals surface area contributed by atoms with E-state index in [9.17, 15) is 10.1 Å². The number of nitrogens with zero attached hydrogens (tertiary/aromatic N) is 2. The van der Waals surface area contributed by atoms with Crippen LogP contribution in [0.5, 0.6) is 0 Å². The summed E-state index contributed by atoms with van der Waals surface area (Å²) < 4.78 is 0. The summed E-state index contributed by atoms with van der Waals surface area (Å²) >= 11 is 5.95. The number of anilines is 1. The second kappa shape index (κ2) is 5.78. The fourth-order valence-corrected chi connectivity index (χ4v) is 3.17. The molecular weight excluding hydrogens is 264 g/mol. The number of nitro groups is 1. The third-order valence-electron chi connectivity index (χ3n) is 3.63. The van der Waals surface area contributed by atoms with Gasteiger partial charge in [0.05, 0.1) is 4.92 Å². The normalized spacial score (nSPS) is 23.4. The van der Waals surface area contributed by atoms with Gasteiger partial charge in [0.25, 0.3) is 5.69 Å². The summed E-state index contributed by atoms with van der Waals surface area (Å²) in [6.07, 6.45) is 1.24. The van der Waals surface area contributed by atoms with E-state index in [1.165, 1.54) is 6.42 Å². The Bertz CT molecular complexity index is 469. The molecule has 0 N–H and O–H groups in total. The molecule has 0 aliphatic carbocycles. The van der Waals surface area contributed by atoms with Gasteiger partial charge in [-0.15, -0.1) is 11.6 Å². The van der Waals surface area contributed by atoms with Crippen molar-refractivity contribution in [3.8, 4) is 0 Å². The van der Waals surface area contributed by atoms with E-state index in [1.807, 2.05) is 6.07 Å². The Morgan fingerprint density at radius 3 is 2.53 bits per heavy atom. The molecule has 1 fully saturated rings. The topological polar surface area (TPSA) is 46.4 Å². The summed E-state index contributed by atoms with van der Waals surface area (Å²) in [7, 11) is 0. The van der Waals surface area contributed by atoms with E-state index in [0.717, 1.165) is 24.3 Å². The average Bonchev–Trinajstić information content (AvgIpc) is 2.36. The van der Waals surface area contributed by atoms with Crippen LogP contribution >= 0.6 is 11.6 Å². The van der Waals surface area contributed by atoms with Gasteiger partial charge in [-0.25, -0.2) is 0 Å². The molecule has 1 aromatic rings. The molecule has 1 aromatic carbocycles. The van der Waals surface area contributed by atoms with Crippen molar-refractivity contribution in [2.75, 3.05) is 18.0 Å². The van der Waals surface area contributed by atoms with Crippen LogP contribution in [0.15, 0.2) is 18.2 Å². The zero-order chi connectivity index (χ0) is 14.0. The predicted molar refractivity (Wildman–Crippen MR) is 77.8 cm³/mol. The van der Waals surface area contributed by atoms with Gasteiger partial charge < -0.3 is 4.90 Å². The van der Waals surface area contributed by atoms with E-state index in [-0.39, 0.29) is 10.6 Å². The van der Waals surface area contributed by atoms with Gasteiger partial charge in [0.2, 0.25) is 0 Å². The summed E-state index contributed by atoms with van der Waals surface area (Å²) in [5, 5.41) is 10.8. The Labute approximate surface area is 118 Å². The van der Waals surface area contributed by atoms with Crippen molar-refractivity contribution in [1.29, 1.82) is 0 Å². The molecule has 0 radical (unpaired) electrons. The first-order valence-electron chi connectivity index (χ1n) is 6.59. The molecule has 4 nitrogen and oxygen atoms in total. The van der Waals surface area contributed by atoms with Gasteiger partial charge in [-0.1, -0.05) is 13.8 Å². The molecule has 1 saturated heterocycles. The van der Waals surface area contributed by atoms with Crippen molar-refractivity contribution >= 4 is 23.0 Å². The lowest BCUT2D eigenvalue weighted by molar-refractivity contribution is -0.384. The first kappa shape index (κ1) is 14.1. The maximum atomic E-state index is 10.8. The molecule has 1 aliphatic rings. The number of hydrogen-bond acceptors (Lipinski definition) is 3. The van der Waals surface area contributed by atoms with Crippen molar-refractivity contribution in [2.45, 2.75) is 26.1 Å². The Kier molecular flexibility index (Phi) is 4.30. The number of hydrogen-bond donors (Lipinski definition) is 0. The SMILES string of the molecule is CC1CC(C)CN(c2ccc([N+](=O)[O-])cc2CCl)C1. The van der Waals surface area contributed by atoms with Gasteiger partial charge >= 0.3 is 0 Å². The first-order chi connectivity index (χ1) is 9.01. The number of halogens is 1. The fourth-order valence-electron chi connectivity index (χ4n) is 2.96. The predicted octanol–water partition coefficient (Wildman–Crippen LogP) is 3.82. The molecule has 5 heteroatoms. The minimum Gasteiger partial charge on any atom is -0.371 e. The highest BCUT2D eigenvalue weighted by Crippen LogP contribution is 2.31. The van der Waals surface area contributed by atoms with Crippen LogP contribution in [0, 0.1) is 22.0 Å². The molecule has 104 valence electrons. The minimum absolute atomic E-state index is 0.109. The third-order valence-corrected chi connectivity index (χ3v) is 3.92. The van der Waals surface area contributed by atoms with Crippen LogP contribution in [-0.2, 0) is 5.88 Å². The molecule has 0 amide bonds. The molecule has 19 heavy (non-hydrogen) atoms. The molecule has 2 atom stereocenters. The van der Waals surface area contributed by atoms with Crippen molar-refractivity contribution in [1.82, 2.24) is 0 Å². The van der Waals surface area contributed by atoms with Gasteiger partial charge in [-0.3, -0.25) is 10.1 Å². The fraction of sp³-hybridized carbons (Fsp3) is 0.571. The van der Waals surface area contributed by atoms with Crippen LogP contribution in [0.2, 0.25) is 0 Å².